The van der Waals surface area contributed by atoms with E-state index in [1.54, 1.807) is 0 Å². The van der Waals surface area contributed by atoms with Crippen molar-refractivity contribution in [2.24, 2.45) is 5.92 Å². The van der Waals surface area contributed by atoms with Gasteiger partial charge in [-0.2, -0.15) is 0 Å². The fourth-order valence-corrected chi connectivity index (χ4v) is 1.73. The number of carbonyl (C=O) groups is 1. The van der Waals surface area contributed by atoms with Crippen LogP contribution in [0.1, 0.15) is 26.2 Å². The Balaban J connectivity index is 2.12. The first-order valence-corrected chi connectivity index (χ1v) is 5.55. The summed E-state index contributed by atoms with van der Waals surface area (Å²) in [6.45, 7) is 5.56. The van der Waals surface area contributed by atoms with Crippen molar-refractivity contribution >= 4 is 6.03 Å². The lowest BCUT2D eigenvalue weighted by atomic mass is 10.0. The standard InChI is InChI=1S/C10H21N3O/c1-2-12-10(14)13-8-9-5-3-4-6-11-7-9/h9,11H,2-8H2,1H3,(H2,12,13,14). The van der Waals surface area contributed by atoms with Gasteiger partial charge in [0.2, 0.25) is 0 Å². The average Bonchev–Trinajstić information content (AvgIpc) is 2.43. The van der Waals surface area contributed by atoms with Gasteiger partial charge in [0.1, 0.15) is 0 Å². The van der Waals surface area contributed by atoms with Gasteiger partial charge in [0.05, 0.1) is 0 Å². The first kappa shape index (κ1) is 11.3. The van der Waals surface area contributed by atoms with Crippen molar-refractivity contribution in [3.05, 3.63) is 0 Å². The number of hydrogen-bond acceptors (Lipinski definition) is 2. The van der Waals surface area contributed by atoms with Crippen molar-refractivity contribution in [2.45, 2.75) is 26.2 Å². The van der Waals surface area contributed by atoms with Crippen LogP contribution >= 0.6 is 0 Å². The zero-order valence-corrected chi connectivity index (χ0v) is 8.94. The van der Waals surface area contributed by atoms with Crippen LogP contribution in [0.3, 0.4) is 0 Å². The third-order valence-electron chi connectivity index (χ3n) is 2.54. The van der Waals surface area contributed by atoms with E-state index in [1.807, 2.05) is 6.92 Å². The van der Waals surface area contributed by atoms with Gasteiger partial charge in [-0.25, -0.2) is 4.79 Å². The lowest BCUT2D eigenvalue weighted by Crippen LogP contribution is -2.39. The van der Waals surface area contributed by atoms with Crippen LogP contribution in [0, 0.1) is 5.92 Å². The van der Waals surface area contributed by atoms with E-state index in [9.17, 15) is 4.79 Å². The van der Waals surface area contributed by atoms with Gasteiger partial charge in [-0.1, -0.05) is 6.42 Å². The molecule has 4 nitrogen and oxygen atoms in total. The van der Waals surface area contributed by atoms with Gasteiger partial charge in [-0.15, -0.1) is 0 Å². The molecular formula is C10H21N3O. The summed E-state index contributed by atoms with van der Waals surface area (Å²) < 4.78 is 0. The Hall–Kier alpha value is -0.770. The second kappa shape index (κ2) is 6.65. The molecule has 1 saturated heterocycles. The maximum absolute atomic E-state index is 11.1. The lowest BCUT2D eigenvalue weighted by molar-refractivity contribution is 0.239. The first-order chi connectivity index (χ1) is 6.83. The zero-order chi connectivity index (χ0) is 10.2. The summed E-state index contributed by atoms with van der Waals surface area (Å²) >= 11 is 0. The molecule has 2 amide bonds. The Bertz CT molecular complexity index is 165. The molecule has 1 fully saturated rings. The van der Waals surface area contributed by atoms with E-state index in [1.165, 1.54) is 19.3 Å². The first-order valence-electron chi connectivity index (χ1n) is 5.55. The van der Waals surface area contributed by atoms with Crippen molar-refractivity contribution in [3.63, 3.8) is 0 Å². The zero-order valence-electron chi connectivity index (χ0n) is 8.94. The maximum atomic E-state index is 11.1. The summed E-state index contributed by atoms with van der Waals surface area (Å²) in [6.07, 6.45) is 3.76. The van der Waals surface area contributed by atoms with Gasteiger partial charge in [-0.05, 0) is 38.8 Å². The van der Waals surface area contributed by atoms with Crippen LogP contribution < -0.4 is 16.0 Å². The molecule has 1 aliphatic rings. The third kappa shape index (κ3) is 4.46. The number of nitrogens with one attached hydrogen (secondary N) is 3. The molecule has 0 spiro atoms. The molecule has 0 bridgehead atoms. The Kier molecular flexibility index (Phi) is 5.37. The fraction of sp³-hybridized carbons (Fsp3) is 0.900. The molecule has 0 radical (unpaired) electrons. The van der Waals surface area contributed by atoms with Gasteiger partial charge < -0.3 is 16.0 Å². The summed E-state index contributed by atoms with van der Waals surface area (Å²) in [4.78, 5) is 11.1. The predicted octanol–water partition coefficient (Wildman–Crippen LogP) is 0.695. The summed E-state index contributed by atoms with van der Waals surface area (Å²) in [5.41, 5.74) is 0. The van der Waals surface area contributed by atoms with E-state index in [0.29, 0.717) is 12.5 Å². The van der Waals surface area contributed by atoms with Crippen LogP contribution in [0.2, 0.25) is 0 Å². The maximum Gasteiger partial charge on any atom is 0.314 e. The summed E-state index contributed by atoms with van der Waals surface area (Å²) in [6, 6.07) is -0.0447. The minimum atomic E-state index is -0.0447. The molecule has 1 rings (SSSR count). The predicted molar refractivity (Wildman–Crippen MR) is 57.3 cm³/mol. The monoisotopic (exact) mass is 199 g/mol. The van der Waals surface area contributed by atoms with E-state index < -0.39 is 0 Å². The minimum absolute atomic E-state index is 0.0447. The molecule has 14 heavy (non-hydrogen) atoms. The number of amides is 2. The minimum Gasteiger partial charge on any atom is -0.338 e. The van der Waals surface area contributed by atoms with Gasteiger partial charge in [0.25, 0.3) is 0 Å². The third-order valence-corrected chi connectivity index (χ3v) is 2.54. The number of carbonyl (C=O) groups excluding carboxylic acids is 1. The quantitative estimate of drug-likeness (QED) is 0.626. The number of rotatable bonds is 3. The van der Waals surface area contributed by atoms with Crippen molar-refractivity contribution in [3.8, 4) is 0 Å². The second-order valence-corrected chi connectivity index (χ2v) is 3.81. The smallest absolute Gasteiger partial charge is 0.314 e. The molecule has 1 unspecified atom stereocenters. The molecule has 1 heterocycles. The highest BCUT2D eigenvalue weighted by molar-refractivity contribution is 5.73. The largest absolute Gasteiger partial charge is 0.338 e. The van der Waals surface area contributed by atoms with E-state index in [-0.39, 0.29) is 6.03 Å². The van der Waals surface area contributed by atoms with Gasteiger partial charge >= 0.3 is 6.03 Å². The van der Waals surface area contributed by atoms with Crippen LogP contribution in [0.25, 0.3) is 0 Å². The molecule has 82 valence electrons. The van der Waals surface area contributed by atoms with Crippen molar-refractivity contribution in [1.29, 1.82) is 0 Å². The highest BCUT2D eigenvalue weighted by Crippen LogP contribution is 2.09. The average molecular weight is 199 g/mol. The molecule has 0 aliphatic carbocycles. The Morgan fingerprint density at radius 1 is 1.43 bits per heavy atom. The highest BCUT2D eigenvalue weighted by Gasteiger charge is 2.12. The molecule has 3 N–H and O–H groups in total. The topological polar surface area (TPSA) is 53.2 Å². The summed E-state index contributed by atoms with van der Waals surface area (Å²) in [7, 11) is 0. The molecule has 0 aromatic heterocycles. The van der Waals surface area contributed by atoms with E-state index in [4.69, 9.17) is 0 Å². The number of urea groups is 1. The summed E-state index contributed by atoms with van der Waals surface area (Å²) in [5, 5.41) is 9.00. The molecule has 0 saturated carbocycles. The Labute approximate surface area is 85.8 Å². The van der Waals surface area contributed by atoms with Crippen LogP contribution in [0.5, 0.6) is 0 Å². The normalized spacial score (nSPS) is 22.5. The Morgan fingerprint density at radius 3 is 3.07 bits per heavy atom. The van der Waals surface area contributed by atoms with E-state index >= 15 is 0 Å². The van der Waals surface area contributed by atoms with Crippen molar-refractivity contribution in [1.82, 2.24) is 16.0 Å². The van der Waals surface area contributed by atoms with E-state index in [2.05, 4.69) is 16.0 Å². The summed E-state index contributed by atoms with van der Waals surface area (Å²) in [5.74, 6) is 0.597. The van der Waals surface area contributed by atoms with Gasteiger partial charge in [-0.3, -0.25) is 0 Å². The molecule has 4 heteroatoms. The molecular weight excluding hydrogens is 178 g/mol. The van der Waals surface area contributed by atoms with Crippen LogP contribution in [-0.4, -0.2) is 32.2 Å². The fourth-order valence-electron chi connectivity index (χ4n) is 1.73. The molecule has 0 aromatic carbocycles. The van der Waals surface area contributed by atoms with Crippen LogP contribution in [0.4, 0.5) is 4.79 Å². The highest BCUT2D eigenvalue weighted by atomic mass is 16.2. The number of hydrogen-bond donors (Lipinski definition) is 3. The van der Waals surface area contributed by atoms with Gasteiger partial charge in [0.15, 0.2) is 0 Å². The molecule has 0 aromatic rings. The van der Waals surface area contributed by atoms with Crippen LogP contribution in [0.15, 0.2) is 0 Å². The van der Waals surface area contributed by atoms with Crippen molar-refractivity contribution in [2.75, 3.05) is 26.2 Å². The van der Waals surface area contributed by atoms with Gasteiger partial charge in [0, 0.05) is 13.1 Å². The van der Waals surface area contributed by atoms with Crippen LogP contribution in [-0.2, 0) is 0 Å². The molecule has 1 atom stereocenters. The second-order valence-electron chi connectivity index (χ2n) is 3.81. The van der Waals surface area contributed by atoms with E-state index in [0.717, 1.165) is 19.6 Å². The SMILES string of the molecule is CCNC(=O)NCC1CCCCNC1. The Morgan fingerprint density at radius 2 is 2.29 bits per heavy atom. The van der Waals surface area contributed by atoms with Crippen molar-refractivity contribution < 1.29 is 4.79 Å². The lowest BCUT2D eigenvalue weighted by Gasteiger charge is -2.14. The molecule has 1 aliphatic heterocycles.